The summed E-state index contributed by atoms with van der Waals surface area (Å²) in [6.45, 7) is 0.474. The second-order valence-corrected chi connectivity index (χ2v) is 10.3. The maximum absolute atomic E-state index is 12.3. The minimum Gasteiger partial charge on any atom is -0.340 e. The monoisotopic (exact) mass is 338 g/mol. The van der Waals surface area contributed by atoms with Gasteiger partial charge in [0.2, 0.25) is 5.91 Å². The SMILES string of the molecule is CNC1CS(=O)(=O)CCN(CC2CCCS(=O)(=O)C2)C1=O. The molecule has 0 spiro atoms. The number of nitrogens with one attached hydrogen (secondary N) is 1. The van der Waals surface area contributed by atoms with Crippen LogP contribution in [-0.2, 0) is 24.5 Å². The van der Waals surface area contributed by atoms with Crippen molar-refractivity contribution in [2.45, 2.75) is 18.9 Å². The van der Waals surface area contributed by atoms with Crippen LogP contribution in [-0.4, -0.2) is 76.8 Å². The summed E-state index contributed by atoms with van der Waals surface area (Å²) in [5.41, 5.74) is 0. The van der Waals surface area contributed by atoms with E-state index in [1.165, 1.54) is 4.90 Å². The Morgan fingerprint density at radius 1 is 1.14 bits per heavy atom. The number of rotatable bonds is 3. The van der Waals surface area contributed by atoms with Gasteiger partial charge in [0.25, 0.3) is 0 Å². The van der Waals surface area contributed by atoms with Crippen molar-refractivity contribution in [2.24, 2.45) is 5.92 Å². The Hall–Kier alpha value is -0.670. The van der Waals surface area contributed by atoms with Crippen LogP contribution in [0, 0.1) is 5.92 Å². The quantitative estimate of drug-likeness (QED) is 0.683. The summed E-state index contributed by atoms with van der Waals surface area (Å²) in [5, 5.41) is 2.74. The highest BCUT2D eigenvalue weighted by Gasteiger charge is 2.35. The zero-order valence-electron chi connectivity index (χ0n) is 12.1. The van der Waals surface area contributed by atoms with Crippen LogP contribution in [0.2, 0.25) is 0 Å². The molecular formula is C12H22N2O5S2. The Morgan fingerprint density at radius 2 is 1.81 bits per heavy atom. The minimum absolute atomic E-state index is 0.0591. The van der Waals surface area contributed by atoms with Crippen molar-refractivity contribution < 1.29 is 21.6 Å². The zero-order chi connectivity index (χ0) is 15.7. The van der Waals surface area contributed by atoms with E-state index in [4.69, 9.17) is 0 Å². The van der Waals surface area contributed by atoms with Crippen molar-refractivity contribution in [3.05, 3.63) is 0 Å². The third-order valence-electron chi connectivity index (χ3n) is 4.09. The molecule has 2 aliphatic heterocycles. The highest BCUT2D eigenvalue weighted by atomic mass is 32.2. The summed E-state index contributed by atoms with van der Waals surface area (Å²) < 4.78 is 47.0. The van der Waals surface area contributed by atoms with Crippen LogP contribution in [0.3, 0.4) is 0 Å². The first kappa shape index (κ1) is 16.7. The Bertz CT molecular complexity index is 599. The maximum Gasteiger partial charge on any atom is 0.240 e. The Kier molecular flexibility index (Phi) is 4.94. The van der Waals surface area contributed by atoms with E-state index in [1.54, 1.807) is 7.05 Å². The molecule has 7 nitrogen and oxygen atoms in total. The molecule has 0 aromatic rings. The Morgan fingerprint density at radius 3 is 2.43 bits per heavy atom. The molecule has 0 saturated carbocycles. The fraction of sp³-hybridized carbons (Fsp3) is 0.917. The van der Waals surface area contributed by atoms with Gasteiger partial charge < -0.3 is 10.2 Å². The zero-order valence-corrected chi connectivity index (χ0v) is 13.7. The number of likely N-dealkylation sites (N-methyl/N-ethyl adjacent to an activating group) is 1. The van der Waals surface area contributed by atoms with Gasteiger partial charge in [0.05, 0.1) is 23.0 Å². The van der Waals surface area contributed by atoms with Crippen molar-refractivity contribution >= 4 is 25.6 Å². The molecule has 2 atom stereocenters. The fourth-order valence-corrected chi connectivity index (χ4v) is 6.20. The molecule has 0 aromatic carbocycles. The van der Waals surface area contributed by atoms with E-state index in [1.807, 2.05) is 0 Å². The summed E-state index contributed by atoms with van der Waals surface area (Å²) >= 11 is 0. The first-order valence-electron chi connectivity index (χ1n) is 7.09. The van der Waals surface area contributed by atoms with E-state index in [0.717, 1.165) is 6.42 Å². The van der Waals surface area contributed by atoms with E-state index in [0.29, 0.717) is 13.0 Å². The van der Waals surface area contributed by atoms with E-state index >= 15 is 0 Å². The largest absolute Gasteiger partial charge is 0.340 e. The summed E-state index contributed by atoms with van der Waals surface area (Å²) in [5.74, 6) is -0.288. The third-order valence-corrected chi connectivity index (χ3v) is 7.62. The molecule has 0 aromatic heterocycles. The van der Waals surface area contributed by atoms with Crippen molar-refractivity contribution in [3.8, 4) is 0 Å². The second-order valence-electron chi connectivity index (χ2n) is 5.86. The van der Waals surface area contributed by atoms with Gasteiger partial charge in [0.15, 0.2) is 19.7 Å². The second kappa shape index (κ2) is 6.21. The van der Waals surface area contributed by atoms with E-state index in [9.17, 15) is 21.6 Å². The molecule has 1 amide bonds. The topological polar surface area (TPSA) is 101 Å². The molecule has 9 heteroatoms. The molecule has 2 rings (SSSR count). The Labute approximate surface area is 125 Å². The first-order chi connectivity index (χ1) is 9.72. The minimum atomic E-state index is -3.25. The van der Waals surface area contributed by atoms with Crippen LogP contribution >= 0.6 is 0 Å². The van der Waals surface area contributed by atoms with E-state index < -0.39 is 25.7 Å². The number of carbonyl (C=O) groups is 1. The van der Waals surface area contributed by atoms with Crippen LogP contribution in [0.15, 0.2) is 0 Å². The average Bonchev–Trinajstić information content (AvgIpc) is 2.48. The van der Waals surface area contributed by atoms with Crippen LogP contribution in [0.4, 0.5) is 0 Å². The lowest BCUT2D eigenvalue weighted by Crippen LogP contribution is -2.48. The van der Waals surface area contributed by atoms with Crippen LogP contribution in [0.5, 0.6) is 0 Å². The first-order valence-corrected chi connectivity index (χ1v) is 10.7. The molecule has 2 fully saturated rings. The van der Waals surface area contributed by atoms with Gasteiger partial charge in [-0.2, -0.15) is 0 Å². The number of hydrogen-bond acceptors (Lipinski definition) is 6. The van der Waals surface area contributed by atoms with Crippen molar-refractivity contribution in [1.29, 1.82) is 0 Å². The lowest BCUT2D eigenvalue weighted by atomic mass is 10.0. The summed E-state index contributed by atoms with van der Waals surface area (Å²) in [6.07, 6.45) is 1.38. The van der Waals surface area contributed by atoms with Gasteiger partial charge in [-0.15, -0.1) is 0 Å². The molecule has 0 bridgehead atoms. The molecule has 2 saturated heterocycles. The van der Waals surface area contributed by atoms with Crippen molar-refractivity contribution in [1.82, 2.24) is 10.2 Å². The molecule has 21 heavy (non-hydrogen) atoms. The van der Waals surface area contributed by atoms with Crippen LogP contribution in [0.25, 0.3) is 0 Å². The fourth-order valence-electron chi connectivity index (χ4n) is 2.95. The molecule has 2 aliphatic rings. The van der Waals surface area contributed by atoms with Gasteiger partial charge in [-0.1, -0.05) is 0 Å². The van der Waals surface area contributed by atoms with Gasteiger partial charge in [-0.3, -0.25) is 4.79 Å². The molecule has 2 unspecified atom stereocenters. The summed E-state index contributed by atoms with van der Waals surface area (Å²) in [4.78, 5) is 13.9. The lowest BCUT2D eigenvalue weighted by molar-refractivity contribution is -0.132. The number of nitrogens with zero attached hydrogens (tertiary/aromatic N) is 1. The number of hydrogen-bond donors (Lipinski definition) is 1. The normalized spacial score (nSPS) is 32.6. The predicted molar refractivity (Wildman–Crippen MR) is 79.5 cm³/mol. The molecule has 0 aliphatic carbocycles. The van der Waals surface area contributed by atoms with E-state index in [-0.39, 0.29) is 41.4 Å². The molecule has 122 valence electrons. The van der Waals surface area contributed by atoms with Gasteiger partial charge in [-0.05, 0) is 25.8 Å². The van der Waals surface area contributed by atoms with E-state index in [2.05, 4.69) is 5.32 Å². The molecule has 2 heterocycles. The highest BCUT2D eigenvalue weighted by Crippen LogP contribution is 2.20. The van der Waals surface area contributed by atoms with Crippen molar-refractivity contribution in [2.75, 3.05) is 43.1 Å². The average molecular weight is 338 g/mol. The van der Waals surface area contributed by atoms with Crippen LogP contribution in [0.1, 0.15) is 12.8 Å². The predicted octanol–water partition coefficient (Wildman–Crippen LogP) is -1.34. The van der Waals surface area contributed by atoms with Gasteiger partial charge in [-0.25, -0.2) is 16.8 Å². The summed E-state index contributed by atoms with van der Waals surface area (Å²) in [7, 11) is -4.71. The number of amides is 1. The van der Waals surface area contributed by atoms with Gasteiger partial charge in [0.1, 0.15) is 6.04 Å². The smallest absolute Gasteiger partial charge is 0.240 e. The number of sulfone groups is 2. The Balaban J connectivity index is 2.09. The standard InChI is InChI=1S/C12H22N2O5S2/c1-13-11-9-21(18,19)6-4-14(12(11)15)7-10-3-2-5-20(16,17)8-10/h10-11,13H,2-9H2,1H3. The van der Waals surface area contributed by atoms with Gasteiger partial charge >= 0.3 is 0 Å². The lowest BCUT2D eigenvalue weighted by Gasteiger charge is -2.30. The van der Waals surface area contributed by atoms with Gasteiger partial charge in [0, 0.05) is 13.1 Å². The maximum atomic E-state index is 12.3. The third kappa shape index (κ3) is 4.40. The number of carbonyl (C=O) groups excluding carboxylic acids is 1. The molecule has 0 radical (unpaired) electrons. The summed E-state index contributed by atoms with van der Waals surface area (Å²) in [6, 6.07) is -0.738. The van der Waals surface area contributed by atoms with Crippen molar-refractivity contribution in [3.63, 3.8) is 0 Å². The highest BCUT2D eigenvalue weighted by molar-refractivity contribution is 7.91. The molecule has 1 N–H and O–H groups in total. The molecular weight excluding hydrogens is 316 g/mol. The van der Waals surface area contributed by atoms with Crippen LogP contribution < -0.4 is 5.32 Å².